The lowest BCUT2D eigenvalue weighted by atomic mass is 10.0. The van der Waals surface area contributed by atoms with E-state index in [1.54, 1.807) is 24.9 Å². The molecule has 0 bridgehead atoms. The largest absolute Gasteiger partial charge is 0.475 e. The van der Waals surface area contributed by atoms with Crippen LogP contribution in [0, 0.1) is 5.92 Å². The normalized spacial score (nSPS) is 14.8. The molecule has 1 saturated heterocycles. The number of hydrogen-bond donors (Lipinski definition) is 2. The summed E-state index contributed by atoms with van der Waals surface area (Å²) in [6.07, 6.45) is 0. The lowest BCUT2D eigenvalue weighted by molar-refractivity contribution is -0.121. The lowest BCUT2D eigenvalue weighted by Gasteiger charge is -2.25. The molecular formula is C13H22N4O4. The molecule has 2 heterocycles. The molecule has 0 unspecified atom stereocenters. The third-order valence-electron chi connectivity index (χ3n) is 3.15. The molecule has 2 rings (SSSR count). The summed E-state index contributed by atoms with van der Waals surface area (Å²) in [7, 11) is 3.40. The van der Waals surface area contributed by atoms with Crippen molar-refractivity contribution in [1.82, 2.24) is 15.1 Å². The molecule has 0 aliphatic carbocycles. The number of aryl methyl sites for hydroxylation is 1. The highest BCUT2D eigenvalue weighted by atomic mass is 16.5. The fourth-order valence-electron chi connectivity index (χ4n) is 1.80. The van der Waals surface area contributed by atoms with Crippen LogP contribution in [0.3, 0.4) is 0 Å². The van der Waals surface area contributed by atoms with Crippen LogP contribution in [0.5, 0.6) is 5.88 Å². The highest BCUT2D eigenvalue weighted by molar-refractivity contribution is 5.92. The smallest absolute Gasteiger partial charge is 0.231 e. The van der Waals surface area contributed by atoms with Gasteiger partial charge >= 0.3 is 0 Å². The summed E-state index contributed by atoms with van der Waals surface area (Å²) < 4.78 is 17.3. The molecule has 1 amide bonds. The third-order valence-corrected chi connectivity index (χ3v) is 3.15. The molecule has 8 heteroatoms. The number of hydrogen-bond acceptors (Lipinski definition) is 6. The van der Waals surface area contributed by atoms with Crippen molar-refractivity contribution in [3.63, 3.8) is 0 Å². The summed E-state index contributed by atoms with van der Waals surface area (Å²) in [6.45, 7) is 3.45. The van der Waals surface area contributed by atoms with Gasteiger partial charge in [-0.15, -0.1) is 0 Å². The van der Waals surface area contributed by atoms with Gasteiger partial charge in [0.1, 0.15) is 6.61 Å². The van der Waals surface area contributed by atoms with Gasteiger partial charge in [-0.05, 0) is 0 Å². The third kappa shape index (κ3) is 4.69. The summed E-state index contributed by atoms with van der Waals surface area (Å²) in [6, 6.07) is 1.71. The molecule has 118 valence electrons. The van der Waals surface area contributed by atoms with Crippen LogP contribution in [0.2, 0.25) is 0 Å². The Morgan fingerprint density at radius 2 is 2.19 bits per heavy atom. The van der Waals surface area contributed by atoms with Crippen LogP contribution in [-0.4, -0.2) is 62.3 Å². The fraction of sp³-hybridized carbons (Fsp3) is 0.692. The number of anilines is 1. The maximum absolute atomic E-state index is 11.8. The summed E-state index contributed by atoms with van der Waals surface area (Å²) in [5, 5.41) is 10.0. The summed E-state index contributed by atoms with van der Waals surface area (Å²) in [5.41, 5.74) is 0. The van der Waals surface area contributed by atoms with Crippen LogP contribution in [0.4, 0.5) is 5.82 Å². The first kappa shape index (κ1) is 15.7. The van der Waals surface area contributed by atoms with Crippen LogP contribution < -0.4 is 15.4 Å². The molecule has 2 N–H and O–H groups in total. The highest BCUT2D eigenvalue weighted by Crippen LogP contribution is 2.17. The topological polar surface area (TPSA) is 86.6 Å². The lowest BCUT2D eigenvalue weighted by Crippen LogP contribution is -2.48. The first-order chi connectivity index (χ1) is 10.2. The van der Waals surface area contributed by atoms with Gasteiger partial charge in [0.15, 0.2) is 5.82 Å². The van der Waals surface area contributed by atoms with Crippen molar-refractivity contribution in [2.24, 2.45) is 13.0 Å². The molecule has 0 aromatic carbocycles. The number of nitrogens with one attached hydrogen (secondary N) is 2. The van der Waals surface area contributed by atoms with Crippen molar-refractivity contribution in [2.45, 2.75) is 0 Å². The maximum Gasteiger partial charge on any atom is 0.231 e. The number of aromatic nitrogens is 2. The minimum atomic E-state index is -0.0127. The number of rotatable bonds is 9. The molecular weight excluding hydrogens is 276 g/mol. The van der Waals surface area contributed by atoms with Crippen LogP contribution in [0.15, 0.2) is 6.07 Å². The van der Waals surface area contributed by atoms with Gasteiger partial charge < -0.3 is 24.8 Å². The molecule has 1 aliphatic heterocycles. The van der Waals surface area contributed by atoms with E-state index in [0.717, 1.165) is 13.1 Å². The SMILES string of the molecule is COCCOCCOc1cc(NC(=O)C2CNC2)nn1C. The Morgan fingerprint density at radius 1 is 1.43 bits per heavy atom. The maximum atomic E-state index is 11.8. The van der Waals surface area contributed by atoms with Gasteiger partial charge in [0.25, 0.3) is 0 Å². The number of ether oxygens (including phenoxy) is 3. The van der Waals surface area contributed by atoms with E-state index in [4.69, 9.17) is 14.2 Å². The Bertz CT molecular complexity index is 459. The number of carbonyl (C=O) groups is 1. The molecule has 1 aromatic rings. The van der Waals surface area contributed by atoms with Crippen LogP contribution in [0.1, 0.15) is 0 Å². The van der Waals surface area contributed by atoms with Crippen LogP contribution in [-0.2, 0) is 21.3 Å². The van der Waals surface area contributed by atoms with Gasteiger partial charge in [0.05, 0.1) is 25.7 Å². The first-order valence-corrected chi connectivity index (χ1v) is 6.96. The van der Waals surface area contributed by atoms with Crippen molar-refractivity contribution in [2.75, 3.05) is 51.9 Å². The molecule has 0 atom stereocenters. The number of methoxy groups -OCH3 is 1. The molecule has 1 aliphatic rings. The predicted octanol–water partition coefficient (Wildman–Crippen LogP) is -0.380. The quantitative estimate of drug-likeness (QED) is 0.604. The van der Waals surface area contributed by atoms with E-state index in [2.05, 4.69) is 15.7 Å². The average molecular weight is 298 g/mol. The average Bonchev–Trinajstić information content (AvgIpc) is 2.71. The summed E-state index contributed by atoms with van der Waals surface area (Å²) >= 11 is 0. The second-order valence-corrected chi connectivity index (χ2v) is 4.79. The van der Waals surface area contributed by atoms with Gasteiger partial charge in [0, 0.05) is 33.3 Å². The van der Waals surface area contributed by atoms with Crippen molar-refractivity contribution in [1.29, 1.82) is 0 Å². The van der Waals surface area contributed by atoms with Crippen molar-refractivity contribution in [3.8, 4) is 5.88 Å². The predicted molar refractivity (Wildman–Crippen MR) is 76.4 cm³/mol. The second kappa shape index (κ2) is 7.96. The van der Waals surface area contributed by atoms with Crippen LogP contribution in [0.25, 0.3) is 0 Å². The number of carbonyl (C=O) groups excluding carboxylic acids is 1. The van der Waals surface area contributed by atoms with E-state index >= 15 is 0 Å². The Labute approximate surface area is 123 Å². The zero-order valence-electron chi connectivity index (χ0n) is 12.4. The minimum Gasteiger partial charge on any atom is -0.475 e. The molecule has 8 nitrogen and oxygen atoms in total. The first-order valence-electron chi connectivity index (χ1n) is 6.96. The van der Waals surface area contributed by atoms with Gasteiger partial charge in [0.2, 0.25) is 11.8 Å². The zero-order chi connectivity index (χ0) is 15.1. The number of nitrogens with zero attached hydrogens (tertiary/aromatic N) is 2. The van der Waals surface area contributed by atoms with E-state index in [1.807, 2.05) is 0 Å². The monoisotopic (exact) mass is 298 g/mol. The Hall–Kier alpha value is -1.64. The van der Waals surface area contributed by atoms with E-state index in [0.29, 0.717) is 38.1 Å². The molecule has 21 heavy (non-hydrogen) atoms. The van der Waals surface area contributed by atoms with Crippen LogP contribution >= 0.6 is 0 Å². The Balaban J connectivity index is 1.72. The summed E-state index contributed by atoms with van der Waals surface area (Å²) in [4.78, 5) is 11.8. The highest BCUT2D eigenvalue weighted by Gasteiger charge is 2.25. The molecule has 0 saturated carbocycles. The number of amides is 1. The summed E-state index contributed by atoms with van der Waals surface area (Å²) in [5.74, 6) is 1.11. The van der Waals surface area contributed by atoms with Crippen molar-refractivity contribution in [3.05, 3.63) is 6.07 Å². The Kier molecular flexibility index (Phi) is 5.97. The molecule has 1 fully saturated rings. The van der Waals surface area contributed by atoms with Gasteiger partial charge in [-0.25, -0.2) is 4.68 Å². The fourth-order valence-corrected chi connectivity index (χ4v) is 1.80. The minimum absolute atomic E-state index is 0.0127. The zero-order valence-corrected chi connectivity index (χ0v) is 12.4. The van der Waals surface area contributed by atoms with Gasteiger partial charge in [-0.2, -0.15) is 5.10 Å². The standard InChI is InChI=1S/C13H22N4O4/c1-17-12(21-6-5-20-4-3-19-2)7-11(16-17)15-13(18)10-8-14-9-10/h7,10,14H,3-6,8-9H2,1-2H3,(H,15,16,18). The van der Waals surface area contributed by atoms with Crippen molar-refractivity contribution >= 4 is 11.7 Å². The molecule has 0 radical (unpaired) electrons. The van der Waals surface area contributed by atoms with Gasteiger partial charge in [-0.1, -0.05) is 0 Å². The van der Waals surface area contributed by atoms with E-state index in [1.165, 1.54) is 0 Å². The molecule has 1 aromatic heterocycles. The van der Waals surface area contributed by atoms with E-state index < -0.39 is 0 Å². The van der Waals surface area contributed by atoms with Gasteiger partial charge in [-0.3, -0.25) is 4.79 Å². The molecule has 0 spiro atoms. The van der Waals surface area contributed by atoms with E-state index in [-0.39, 0.29) is 11.8 Å². The second-order valence-electron chi connectivity index (χ2n) is 4.79. The Morgan fingerprint density at radius 3 is 2.86 bits per heavy atom. The van der Waals surface area contributed by atoms with Crippen molar-refractivity contribution < 1.29 is 19.0 Å². The van der Waals surface area contributed by atoms with E-state index in [9.17, 15) is 4.79 Å².